The third kappa shape index (κ3) is 3.40. The van der Waals surface area contributed by atoms with Gasteiger partial charge in [-0.1, -0.05) is 58.9 Å². The van der Waals surface area contributed by atoms with Gasteiger partial charge in [-0.2, -0.15) is 9.67 Å². The molecule has 25 heavy (non-hydrogen) atoms. The molecule has 9 heteroatoms. The monoisotopic (exact) mass is 370 g/mol. The lowest BCUT2D eigenvalue weighted by Crippen LogP contribution is -1.98. The maximum atomic E-state index is 6.16. The molecule has 7 nitrogen and oxygen atoms in total. The highest BCUT2D eigenvalue weighted by Gasteiger charge is 2.14. The Morgan fingerprint density at radius 2 is 1.84 bits per heavy atom. The van der Waals surface area contributed by atoms with E-state index in [1.54, 1.807) is 10.7 Å². The summed E-state index contributed by atoms with van der Waals surface area (Å²) in [5.41, 5.74) is 1.62. The summed E-state index contributed by atoms with van der Waals surface area (Å²) in [7, 11) is 0. The van der Waals surface area contributed by atoms with E-state index in [4.69, 9.17) is 16.1 Å². The van der Waals surface area contributed by atoms with Gasteiger partial charge < -0.3 is 4.52 Å². The molecule has 2 heterocycles. The molecular formula is C16H11ClN6OS. The zero-order valence-corrected chi connectivity index (χ0v) is 14.4. The van der Waals surface area contributed by atoms with Crippen LogP contribution in [0.25, 0.3) is 17.1 Å². The van der Waals surface area contributed by atoms with Gasteiger partial charge in [-0.3, -0.25) is 0 Å². The van der Waals surface area contributed by atoms with Crippen molar-refractivity contribution < 1.29 is 4.52 Å². The predicted molar refractivity (Wildman–Crippen MR) is 93.5 cm³/mol. The number of tetrazole rings is 1. The van der Waals surface area contributed by atoms with Crippen LogP contribution in [0.5, 0.6) is 0 Å². The van der Waals surface area contributed by atoms with Crippen LogP contribution >= 0.6 is 23.4 Å². The summed E-state index contributed by atoms with van der Waals surface area (Å²) >= 11 is 7.57. The molecule has 0 saturated carbocycles. The number of benzene rings is 2. The van der Waals surface area contributed by atoms with Crippen molar-refractivity contribution in [3.63, 3.8) is 0 Å². The Kier molecular flexibility index (Phi) is 4.45. The number of thioether (sulfide) groups is 1. The second-order valence-electron chi connectivity index (χ2n) is 4.99. The normalized spacial score (nSPS) is 10.9. The Morgan fingerprint density at radius 3 is 2.68 bits per heavy atom. The van der Waals surface area contributed by atoms with Gasteiger partial charge >= 0.3 is 0 Å². The van der Waals surface area contributed by atoms with Gasteiger partial charge in [0.1, 0.15) is 0 Å². The summed E-state index contributed by atoms with van der Waals surface area (Å²) in [6.45, 7) is 0. The number of para-hydroxylation sites is 1. The van der Waals surface area contributed by atoms with Crippen LogP contribution in [-0.2, 0) is 5.75 Å². The van der Waals surface area contributed by atoms with Crippen molar-refractivity contribution in [1.82, 2.24) is 30.3 Å². The summed E-state index contributed by atoms with van der Waals surface area (Å²) in [6.07, 6.45) is 0. The summed E-state index contributed by atoms with van der Waals surface area (Å²) in [4.78, 5) is 4.38. The molecule has 2 aromatic carbocycles. The van der Waals surface area contributed by atoms with Gasteiger partial charge in [-0.15, -0.1) is 5.10 Å². The average Bonchev–Trinajstić information content (AvgIpc) is 3.30. The van der Waals surface area contributed by atoms with Crippen LogP contribution in [0.4, 0.5) is 0 Å². The number of halogens is 1. The van der Waals surface area contributed by atoms with Gasteiger partial charge in [0.05, 0.1) is 16.5 Å². The fraction of sp³-hybridized carbons (Fsp3) is 0.0625. The molecule has 0 amide bonds. The topological polar surface area (TPSA) is 82.5 Å². The van der Waals surface area contributed by atoms with Gasteiger partial charge in [-0.25, -0.2) is 0 Å². The molecule has 4 rings (SSSR count). The molecule has 124 valence electrons. The Labute approximate surface area is 152 Å². The molecule has 0 aliphatic rings. The van der Waals surface area contributed by atoms with Gasteiger partial charge in [0.2, 0.25) is 16.9 Å². The molecule has 4 aromatic rings. The molecule has 0 N–H and O–H groups in total. The standard InChI is InChI=1S/C16H11ClN6OS/c17-13-9-5-4-8-12(13)15-18-14(24-20-15)10-25-16-19-21-22-23(16)11-6-2-1-3-7-11/h1-9H,10H2. The number of hydrogen-bond donors (Lipinski definition) is 0. The fourth-order valence-electron chi connectivity index (χ4n) is 2.19. The Balaban J connectivity index is 1.50. The first-order valence-corrected chi connectivity index (χ1v) is 8.72. The molecule has 0 radical (unpaired) electrons. The Bertz CT molecular complexity index is 987. The first kappa shape index (κ1) is 15.8. The molecule has 2 aromatic heterocycles. The first-order chi connectivity index (χ1) is 12.3. The number of hydrogen-bond acceptors (Lipinski definition) is 7. The molecule has 0 spiro atoms. The quantitative estimate of drug-likeness (QED) is 0.496. The minimum atomic E-state index is 0.449. The summed E-state index contributed by atoms with van der Waals surface area (Å²) in [6, 6.07) is 17.0. The van der Waals surface area contributed by atoms with Gasteiger partial charge in [0, 0.05) is 5.56 Å². The highest BCUT2D eigenvalue weighted by molar-refractivity contribution is 7.98. The van der Waals surface area contributed by atoms with Crippen molar-refractivity contribution in [2.75, 3.05) is 0 Å². The van der Waals surface area contributed by atoms with E-state index in [0.717, 1.165) is 11.3 Å². The maximum Gasteiger partial charge on any atom is 0.237 e. The Morgan fingerprint density at radius 1 is 1.04 bits per heavy atom. The molecule has 0 bridgehead atoms. The predicted octanol–water partition coefficient (Wildman–Crippen LogP) is 3.66. The second-order valence-corrected chi connectivity index (χ2v) is 6.34. The van der Waals surface area contributed by atoms with E-state index in [1.807, 2.05) is 48.5 Å². The van der Waals surface area contributed by atoms with Gasteiger partial charge in [-0.05, 0) is 34.7 Å². The Hall–Kier alpha value is -2.71. The van der Waals surface area contributed by atoms with E-state index in [0.29, 0.717) is 27.6 Å². The second kappa shape index (κ2) is 7.04. The highest BCUT2D eigenvalue weighted by Crippen LogP contribution is 2.27. The molecule has 0 saturated heterocycles. The minimum absolute atomic E-state index is 0.449. The molecule has 0 aliphatic carbocycles. The van der Waals surface area contributed by atoms with Crippen LogP contribution in [0.1, 0.15) is 5.89 Å². The van der Waals surface area contributed by atoms with E-state index < -0.39 is 0 Å². The van der Waals surface area contributed by atoms with E-state index in [9.17, 15) is 0 Å². The van der Waals surface area contributed by atoms with Crippen molar-refractivity contribution >= 4 is 23.4 Å². The number of aromatic nitrogens is 6. The third-order valence-corrected chi connectivity index (χ3v) is 4.58. The van der Waals surface area contributed by atoms with Crippen LogP contribution in [-0.4, -0.2) is 30.3 Å². The lowest BCUT2D eigenvalue weighted by Gasteiger charge is -2.02. The average molecular weight is 371 g/mol. The number of rotatable bonds is 5. The largest absolute Gasteiger partial charge is 0.338 e. The third-order valence-electron chi connectivity index (χ3n) is 3.35. The van der Waals surface area contributed by atoms with Crippen molar-refractivity contribution in [2.24, 2.45) is 0 Å². The molecular weight excluding hydrogens is 360 g/mol. The lowest BCUT2D eigenvalue weighted by molar-refractivity contribution is 0.391. The van der Waals surface area contributed by atoms with E-state index >= 15 is 0 Å². The van der Waals surface area contributed by atoms with Crippen molar-refractivity contribution in [2.45, 2.75) is 10.9 Å². The van der Waals surface area contributed by atoms with Crippen molar-refractivity contribution in [3.8, 4) is 17.1 Å². The van der Waals surface area contributed by atoms with Gasteiger partial charge in [0.15, 0.2) is 0 Å². The lowest BCUT2D eigenvalue weighted by atomic mass is 10.2. The zero-order chi connectivity index (χ0) is 17.1. The van der Waals surface area contributed by atoms with Crippen LogP contribution in [0, 0.1) is 0 Å². The molecule has 0 fully saturated rings. The van der Waals surface area contributed by atoms with Crippen LogP contribution in [0.15, 0.2) is 64.3 Å². The zero-order valence-electron chi connectivity index (χ0n) is 12.8. The SMILES string of the molecule is Clc1ccccc1-c1noc(CSc2nnnn2-c2ccccc2)n1. The van der Waals surface area contributed by atoms with Crippen molar-refractivity contribution in [3.05, 3.63) is 65.5 Å². The van der Waals surface area contributed by atoms with E-state index in [-0.39, 0.29) is 0 Å². The summed E-state index contributed by atoms with van der Waals surface area (Å²) in [5.74, 6) is 1.39. The summed E-state index contributed by atoms with van der Waals surface area (Å²) in [5, 5.41) is 17.0. The molecule has 0 aliphatic heterocycles. The maximum absolute atomic E-state index is 6.16. The number of nitrogens with zero attached hydrogens (tertiary/aromatic N) is 6. The van der Waals surface area contributed by atoms with E-state index in [1.165, 1.54) is 11.8 Å². The van der Waals surface area contributed by atoms with E-state index in [2.05, 4.69) is 25.7 Å². The van der Waals surface area contributed by atoms with Crippen LogP contribution in [0.3, 0.4) is 0 Å². The first-order valence-electron chi connectivity index (χ1n) is 7.35. The minimum Gasteiger partial charge on any atom is -0.338 e. The fourth-order valence-corrected chi connectivity index (χ4v) is 3.14. The van der Waals surface area contributed by atoms with Crippen molar-refractivity contribution in [1.29, 1.82) is 0 Å². The van der Waals surface area contributed by atoms with Gasteiger partial charge in [0.25, 0.3) is 0 Å². The smallest absolute Gasteiger partial charge is 0.237 e. The summed E-state index contributed by atoms with van der Waals surface area (Å²) < 4.78 is 6.96. The highest BCUT2D eigenvalue weighted by atomic mass is 35.5. The van der Waals surface area contributed by atoms with Crippen LogP contribution < -0.4 is 0 Å². The van der Waals surface area contributed by atoms with Crippen LogP contribution in [0.2, 0.25) is 5.02 Å². The molecule has 0 unspecified atom stereocenters. The molecule has 0 atom stereocenters.